The summed E-state index contributed by atoms with van der Waals surface area (Å²) >= 11 is 0. The van der Waals surface area contributed by atoms with Crippen LogP contribution in [0.4, 0.5) is 22.9 Å². The van der Waals surface area contributed by atoms with Crippen LogP contribution in [-0.2, 0) is 0 Å². The van der Waals surface area contributed by atoms with Gasteiger partial charge in [0.25, 0.3) is 0 Å². The van der Waals surface area contributed by atoms with Gasteiger partial charge in [-0.05, 0) is 48.5 Å². The zero-order valence-electron chi connectivity index (χ0n) is 17.0. The molecule has 2 aromatic carbocycles. The second-order valence-corrected chi connectivity index (χ2v) is 6.95. The number of nitriles is 1. The van der Waals surface area contributed by atoms with Gasteiger partial charge in [-0.2, -0.15) is 10.2 Å². The van der Waals surface area contributed by atoms with E-state index >= 15 is 0 Å². The minimum atomic E-state index is 0.140. The molecule has 0 saturated heterocycles. The Morgan fingerprint density at radius 3 is 2.45 bits per heavy atom. The van der Waals surface area contributed by atoms with E-state index < -0.39 is 0 Å². The number of aromatic nitrogens is 2. The Morgan fingerprint density at radius 1 is 1.10 bits per heavy atom. The van der Waals surface area contributed by atoms with Crippen molar-refractivity contribution in [2.45, 2.75) is 0 Å². The second kappa shape index (κ2) is 8.47. The lowest BCUT2D eigenvalue weighted by Gasteiger charge is -2.14. The molecule has 3 N–H and O–H groups in total. The molecule has 31 heavy (non-hydrogen) atoms. The third-order valence-electron chi connectivity index (χ3n) is 4.57. The number of pyridine rings is 1. The highest BCUT2D eigenvalue weighted by molar-refractivity contribution is 5.69. The highest BCUT2D eigenvalue weighted by Crippen LogP contribution is 2.31. The zero-order chi connectivity index (χ0) is 21.8. The summed E-state index contributed by atoms with van der Waals surface area (Å²) in [5.41, 5.74) is 9.27. The Bertz CT molecular complexity index is 1210. The summed E-state index contributed by atoms with van der Waals surface area (Å²) in [4.78, 5) is 10.4. The van der Waals surface area contributed by atoms with Crippen LogP contribution in [0.1, 0.15) is 5.56 Å². The van der Waals surface area contributed by atoms with E-state index in [1.165, 1.54) is 6.39 Å². The van der Waals surface area contributed by atoms with E-state index in [4.69, 9.17) is 14.9 Å². The van der Waals surface area contributed by atoms with Crippen molar-refractivity contribution in [1.29, 1.82) is 5.26 Å². The molecule has 154 valence electrons. The van der Waals surface area contributed by atoms with Gasteiger partial charge in [0.2, 0.25) is 5.88 Å². The first-order valence-corrected chi connectivity index (χ1v) is 9.45. The lowest BCUT2D eigenvalue weighted by molar-refractivity contribution is 0.462. The molecule has 2 heterocycles. The van der Waals surface area contributed by atoms with Gasteiger partial charge in [0.05, 0.1) is 11.9 Å². The van der Waals surface area contributed by atoms with Crippen LogP contribution in [0.5, 0.6) is 11.6 Å². The highest BCUT2D eigenvalue weighted by Gasteiger charge is 2.14. The molecule has 4 rings (SSSR count). The largest absolute Gasteiger partial charge is 0.444 e. The Labute approximate surface area is 179 Å². The number of benzene rings is 2. The number of nitrogens with two attached hydrogens (primary N) is 1. The van der Waals surface area contributed by atoms with Crippen LogP contribution in [0.3, 0.4) is 0 Å². The molecule has 0 aliphatic carbocycles. The van der Waals surface area contributed by atoms with Crippen molar-refractivity contribution in [3.63, 3.8) is 0 Å². The fraction of sp³-hybridized carbons (Fsp3) is 0.0870. The van der Waals surface area contributed by atoms with Crippen molar-refractivity contribution in [2.24, 2.45) is 0 Å². The topological polar surface area (TPSA) is 113 Å². The van der Waals surface area contributed by atoms with Gasteiger partial charge in [-0.3, -0.25) is 0 Å². The van der Waals surface area contributed by atoms with Crippen LogP contribution >= 0.6 is 0 Å². The van der Waals surface area contributed by atoms with Gasteiger partial charge in [0.1, 0.15) is 23.2 Å². The number of rotatable bonds is 6. The van der Waals surface area contributed by atoms with Crippen molar-refractivity contribution < 1.29 is 9.15 Å². The van der Waals surface area contributed by atoms with Crippen molar-refractivity contribution in [3.8, 4) is 29.0 Å². The molecule has 0 atom stereocenters. The molecular weight excluding hydrogens is 392 g/mol. The maximum Gasteiger partial charge on any atom is 0.241 e. The number of ether oxygens (including phenoxy) is 1. The monoisotopic (exact) mass is 412 g/mol. The average Bonchev–Trinajstić information content (AvgIpc) is 3.29. The summed E-state index contributed by atoms with van der Waals surface area (Å²) < 4.78 is 11.2. The number of nitrogens with zero attached hydrogens (tertiary/aromatic N) is 4. The van der Waals surface area contributed by atoms with Crippen LogP contribution in [0.2, 0.25) is 0 Å². The van der Waals surface area contributed by atoms with Crippen molar-refractivity contribution in [2.75, 3.05) is 30.0 Å². The van der Waals surface area contributed by atoms with E-state index in [1.54, 1.807) is 12.3 Å². The SMILES string of the molecule is CN(C)c1ccc(Oc2nc(Nc3ccc(-c4cnco4)cc3)cc(N)c2C#N)cc1. The lowest BCUT2D eigenvalue weighted by Crippen LogP contribution is -2.08. The quantitative estimate of drug-likeness (QED) is 0.465. The van der Waals surface area contributed by atoms with Crippen molar-refractivity contribution in [1.82, 2.24) is 9.97 Å². The lowest BCUT2D eigenvalue weighted by atomic mass is 10.1. The zero-order valence-corrected chi connectivity index (χ0v) is 17.0. The van der Waals surface area contributed by atoms with Gasteiger partial charge in [-0.15, -0.1) is 0 Å². The fourth-order valence-electron chi connectivity index (χ4n) is 2.94. The van der Waals surface area contributed by atoms with E-state index in [0.29, 0.717) is 17.3 Å². The smallest absolute Gasteiger partial charge is 0.241 e. The van der Waals surface area contributed by atoms with Crippen LogP contribution in [-0.4, -0.2) is 24.1 Å². The van der Waals surface area contributed by atoms with Gasteiger partial charge in [-0.1, -0.05) is 0 Å². The minimum absolute atomic E-state index is 0.140. The first-order valence-electron chi connectivity index (χ1n) is 9.45. The van der Waals surface area contributed by atoms with Crippen LogP contribution in [0.25, 0.3) is 11.3 Å². The summed E-state index contributed by atoms with van der Waals surface area (Å²) in [7, 11) is 3.91. The number of oxazole rings is 1. The first-order chi connectivity index (χ1) is 15.0. The highest BCUT2D eigenvalue weighted by atomic mass is 16.5. The molecule has 0 bridgehead atoms. The Kier molecular flexibility index (Phi) is 5.41. The van der Waals surface area contributed by atoms with Gasteiger partial charge in [0, 0.05) is 37.1 Å². The van der Waals surface area contributed by atoms with Crippen molar-refractivity contribution >= 4 is 22.9 Å². The van der Waals surface area contributed by atoms with E-state index in [9.17, 15) is 5.26 Å². The molecule has 0 aliphatic rings. The van der Waals surface area contributed by atoms with Crippen LogP contribution in [0.15, 0.2) is 71.6 Å². The maximum atomic E-state index is 9.50. The van der Waals surface area contributed by atoms with E-state index in [1.807, 2.05) is 67.5 Å². The molecule has 0 spiro atoms. The molecule has 8 nitrogen and oxygen atoms in total. The third kappa shape index (κ3) is 4.41. The van der Waals surface area contributed by atoms with Crippen LogP contribution in [0, 0.1) is 11.3 Å². The molecule has 0 amide bonds. The minimum Gasteiger partial charge on any atom is -0.444 e. The summed E-state index contributed by atoms with van der Waals surface area (Å²) in [5.74, 6) is 1.84. The Hall–Kier alpha value is -4.51. The van der Waals surface area contributed by atoms with E-state index in [2.05, 4.69) is 21.4 Å². The first kappa shape index (κ1) is 19.8. The second-order valence-electron chi connectivity index (χ2n) is 6.95. The van der Waals surface area contributed by atoms with Crippen LogP contribution < -0.4 is 20.7 Å². The molecule has 0 aliphatic heterocycles. The Balaban J connectivity index is 1.58. The number of hydrogen-bond acceptors (Lipinski definition) is 8. The van der Waals surface area contributed by atoms with E-state index in [0.717, 1.165) is 16.9 Å². The summed E-state index contributed by atoms with van der Waals surface area (Å²) in [6.07, 6.45) is 3.04. The predicted octanol–water partition coefficient (Wildman–Crippen LogP) is 4.79. The van der Waals surface area contributed by atoms with Gasteiger partial charge in [0.15, 0.2) is 12.2 Å². The number of hydrogen-bond donors (Lipinski definition) is 2. The van der Waals surface area contributed by atoms with Gasteiger partial charge < -0.3 is 25.1 Å². The standard InChI is InChI=1S/C23H20N6O2/c1-29(2)17-7-9-18(10-8-17)31-23-19(12-24)20(25)11-22(28-23)27-16-5-3-15(4-6-16)21-13-26-14-30-21/h3-11,13-14H,1-2H3,(H3,25,27,28). The molecule has 4 aromatic rings. The molecule has 0 saturated carbocycles. The van der Waals surface area contributed by atoms with Gasteiger partial charge in [-0.25, -0.2) is 4.98 Å². The van der Waals surface area contributed by atoms with E-state index in [-0.39, 0.29) is 17.1 Å². The average molecular weight is 412 g/mol. The fourth-order valence-corrected chi connectivity index (χ4v) is 2.94. The normalized spacial score (nSPS) is 10.4. The summed E-state index contributed by atoms with van der Waals surface area (Å²) in [6, 6.07) is 18.7. The third-order valence-corrected chi connectivity index (χ3v) is 4.57. The summed E-state index contributed by atoms with van der Waals surface area (Å²) in [6.45, 7) is 0. The number of anilines is 4. The molecule has 0 unspecified atom stereocenters. The predicted molar refractivity (Wildman–Crippen MR) is 119 cm³/mol. The van der Waals surface area contributed by atoms with Gasteiger partial charge >= 0.3 is 0 Å². The number of nitrogen functional groups attached to an aromatic ring is 1. The number of nitrogens with one attached hydrogen (secondary N) is 1. The molecular formula is C23H20N6O2. The molecule has 2 aromatic heterocycles. The molecule has 0 radical (unpaired) electrons. The maximum absolute atomic E-state index is 9.50. The molecule has 0 fully saturated rings. The van der Waals surface area contributed by atoms with Crippen molar-refractivity contribution in [3.05, 3.63) is 72.8 Å². The summed E-state index contributed by atoms with van der Waals surface area (Å²) in [5, 5.41) is 12.7. The molecule has 8 heteroatoms. The Morgan fingerprint density at radius 2 is 1.84 bits per heavy atom.